The molecule has 1 fully saturated rings. The third-order valence-electron chi connectivity index (χ3n) is 3.19. The molecule has 0 amide bonds. The zero-order valence-corrected chi connectivity index (χ0v) is 11.4. The molecule has 0 unspecified atom stereocenters. The molecular formula is C13H20N2OS. The van der Waals surface area contributed by atoms with Gasteiger partial charge in [-0.25, -0.2) is 0 Å². The van der Waals surface area contributed by atoms with Gasteiger partial charge < -0.3 is 4.90 Å². The zero-order chi connectivity index (χ0) is 12.3. The normalized spacial score (nSPS) is 19.2. The smallest absolute Gasteiger partial charge is 0.186 e. The predicted octanol–water partition coefficient (Wildman–Crippen LogP) is 1.88. The highest BCUT2D eigenvalue weighted by Gasteiger charge is 2.16. The van der Waals surface area contributed by atoms with Crippen LogP contribution in [0.15, 0.2) is 12.1 Å². The van der Waals surface area contributed by atoms with Gasteiger partial charge in [-0.3, -0.25) is 9.69 Å². The van der Waals surface area contributed by atoms with Gasteiger partial charge in [0.05, 0.1) is 11.4 Å². The van der Waals surface area contributed by atoms with Gasteiger partial charge in [0, 0.05) is 18.0 Å². The minimum absolute atomic E-state index is 0.271. The molecule has 0 atom stereocenters. The van der Waals surface area contributed by atoms with Crippen LogP contribution in [0.4, 0.5) is 0 Å². The number of hydrogen-bond donors (Lipinski definition) is 0. The van der Waals surface area contributed by atoms with E-state index < -0.39 is 0 Å². The van der Waals surface area contributed by atoms with Gasteiger partial charge >= 0.3 is 0 Å². The number of thiophene rings is 1. The first kappa shape index (κ1) is 12.7. The van der Waals surface area contributed by atoms with Crippen LogP contribution >= 0.6 is 11.3 Å². The second-order valence-electron chi connectivity index (χ2n) is 4.77. The molecule has 4 heteroatoms. The van der Waals surface area contributed by atoms with E-state index in [1.54, 1.807) is 11.3 Å². The van der Waals surface area contributed by atoms with Crippen molar-refractivity contribution < 1.29 is 4.79 Å². The summed E-state index contributed by atoms with van der Waals surface area (Å²) in [5, 5.41) is 0. The molecule has 2 rings (SSSR count). The highest BCUT2D eigenvalue weighted by molar-refractivity contribution is 7.14. The second-order valence-corrected chi connectivity index (χ2v) is 6.05. The molecule has 1 aliphatic rings. The Morgan fingerprint density at radius 3 is 2.82 bits per heavy atom. The van der Waals surface area contributed by atoms with Crippen LogP contribution < -0.4 is 0 Å². The number of nitrogens with zero attached hydrogens (tertiary/aromatic N) is 2. The van der Waals surface area contributed by atoms with E-state index in [0.717, 1.165) is 37.5 Å². The molecule has 1 aromatic rings. The van der Waals surface area contributed by atoms with E-state index in [4.69, 9.17) is 0 Å². The Morgan fingerprint density at radius 2 is 2.12 bits per heavy atom. The Balaban J connectivity index is 1.90. The third-order valence-corrected chi connectivity index (χ3v) is 4.24. The summed E-state index contributed by atoms with van der Waals surface area (Å²) in [7, 11) is 2.15. The second kappa shape index (κ2) is 5.76. The number of likely N-dealkylation sites (N-methyl/N-ethyl adjacent to an activating group) is 1. The van der Waals surface area contributed by atoms with Crippen molar-refractivity contribution >= 4 is 17.1 Å². The van der Waals surface area contributed by atoms with Crippen LogP contribution in [-0.2, 0) is 0 Å². The monoisotopic (exact) mass is 252 g/mol. The molecule has 0 saturated carbocycles. The molecule has 0 bridgehead atoms. The van der Waals surface area contributed by atoms with E-state index in [-0.39, 0.29) is 5.78 Å². The Kier molecular flexibility index (Phi) is 4.31. The summed E-state index contributed by atoms with van der Waals surface area (Å²) in [6, 6.07) is 3.97. The van der Waals surface area contributed by atoms with Crippen molar-refractivity contribution in [1.82, 2.24) is 9.80 Å². The van der Waals surface area contributed by atoms with Gasteiger partial charge in [0.1, 0.15) is 0 Å². The van der Waals surface area contributed by atoms with Gasteiger partial charge in [0.15, 0.2) is 5.78 Å². The Hall–Kier alpha value is -0.710. The highest BCUT2D eigenvalue weighted by atomic mass is 32.1. The molecule has 0 aliphatic carbocycles. The van der Waals surface area contributed by atoms with Crippen LogP contribution in [0.5, 0.6) is 0 Å². The largest absolute Gasteiger partial charge is 0.305 e. The van der Waals surface area contributed by atoms with E-state index >= 15 is 0 Å². The van der Waals surface area contributed by atoms with E-state index in [1.165, 1.54) is 4.88 Å². The molecule has 2 heterocycles. The lowest BCUT2D eigenvalue weighted by Gasteiger charge is -2.18. The maximum Gasteiger partial charge on any atom is 0.186 e. The Labute approximate surface area is 107 Å². The van der Waals surface area contributed by atoms with Crippen LogP contribution in [0.3, 0.4) is 0 Å². The number of aryl methyl sites for hydroxylation is 1. The number of carbonyl (C=O) groups excluding carboxylic acids is 1. The van der Waals surface area contributed by atoms with Crippen molar-refractivity contribution in [1.29, 1.82) is 0 Å². The summed E-state index contributed by atoms with van der Waals surface area (Å²) in [4.78, 5) is 18.8. The fraction of sp³-hybridized carbons (Fsp3) is 0.615. The van der Waals surface area contributed by atoms with Crippen LogP contribution in [0, 0.1) is 6.92 Å². The Bertz CT molecular complexity index is 389. The fourth-order valence-corrected chi connectivity index (χ4v) is 2.92. The van der Waals surface area contributed by atoms with Crippen molar-refractivity contribution in [3.63, 3.8) is 0 Å². The summed E-state index contributed by atoms with van der Waals surface area (Å²) in [5.74, 6) is 0.271. The van der Waals surface area contributed by atoms with E-state index in [0.29, 0.717) is 6.54 Å². The molecule has 0 aromatic carbocycles. The number of ketones is 1. The topological polar surface area (TPSA) is 23.6 Å². The molecule has 0 spiro atoms. The molecule has 94 valence electrons. The van der Waals surface area contributed by atoms with Crippen molar-refractivity contribution in [2.24, 2.45) is 0 Å². The molecule has 0 radical (unpaired) electrons. The first-order valence-corrected chi connectivity index (χ1v) is 6.97. The molecular weight excluding hydrogens is 232 g/mol. The van der Waals surface area contributed by atoms with Crippen LogP contribution in [0.2, 0.25) is 0 Å². The number of hydrogen-bond acceptors (Lipinski definition) is 4. The van der Waals surface area contributed by atoms with Crippen molar-refractivity contribution in [3.05, 3.63) is 21.9 Å². The molecule has 0 N–H and O–H groups in total. The minimum Gasteiger partial charge on any atom is -0.305 e. The number of rotatable bonds is 3. The van der Waals surface area contributed by atoms with Gasteiger partial charge in [-0.15, -0.1) is 11.3 Å². The molecule has 17 heavy (non-hydrogen) atoms. The summed E-state index contributed by atoms with van der Waals surface area (Å²) in [5.41, 5.74) is 0. The fourth-order valence-electron chi connectivity index (χ4n) is 2.12. The van der Waals surface area contributed by atoms with Crippen LogP contribution in [0.1, 0.15) is 21.0 Å². The maximum absolute atomic E-state index is 12.1. The highest BCUT2D eigenvalue weighted by Crippen LogP contribution is 2.16. The van der Waals surface area contributed by atoms with Crippen LogP contribution in [-0.4, -0.2) is 55.4 Å². The van der Waals surface area contributed by atoms with Crippen molar-refractivity contribution in [2.45, 2.75) is 13.3 Å². The third kappa shape index (κ3) is 3.63. The first-order valence-electron chi connectivity index (χ1n) is 6.15. The van der Waals surface area contributed by atoms with E-state index in [2.05, 4.69) is 16.8 Å². The first-order chi connectivity index (χ1) is 8.15. The number of carbonyl (C=O) groups is 1. The predicted molar refractivity (Wildman–Crippen MR) is 71.9 cm³/mol. The van der Waals surface area contributed by atoms with Gasteiger partial charge in [0.2, 0.25) is 0 Å². The average Bonchev–Trinajstić information content (AvgIpc) is 2.62. The quantitative estimate of drug-likeness (QED) is 0.767. The summed E-state index contributed by atoms with van der Waals surface area (Å²) >= 11 is 1.60. The lowest BCUT2D eigenvalue weighted by Crippen LogP contribution is -2.33. The maximum atomic E-state index is 12.1. The van der Waals surface area contributed by atoms with Crippen molar-refractivity contribution in [2.75, 3.05) is 39.8 Å². The minimum atomic E-state index is 0.271. The summed E-state index contributed by atoms with van der Waals surface area (Å²) < 4.78 is 0. The van der Waals surface area contributed by atoms with Crippen molar-refractivity contribution in [3.8, 4) is 0 Å². The number of Topliss-reactive ketones (excluding diaryl/α,β-unsaturated/α-hetero) is 1. The lowest BCUT2D eigenvalue weighted by molar-refractivity contribution is 0.0937. The standard InChI is InChI=1S/C13H20N2OS/c1-11-4-5-13(17-11)12(16)10-15-7-3-6-14(2)8-9-15/h4-5H,3,6-10H2,1-2H3. The average molecular weight is 252 g/mol. The zero-order valence-electron chi connectivity index (χ0n) is 10.6. The summed E-state index contributed by atoms with van der Waals surface area (Å²) in [6.07, 6.45) is 1.16. The molecule has 1 saturated heterocycles. The van der Waals surface area contributed by atoms with Crippen LogP contribution in [0.25, 0.3) is 0 Å². The summed E-state index contributed by atoms with van der Waals surface area (Å²) in [6.45, 7) is 6.88. The SMILES string of the molecule is Cc1ccc(C(=O)CN2CCCN(C)CC2)s1. The van der Waals surface area contributed by atoms with Gasteiger partial charge in [-0.05, 0) is 45.6 Å². The molecule has 1 aromatic heterocycles. The van der Waals surface area contributed by atoms with E-state index in [1.807, 2.05) is 19.1 Å². The lowest BCUT2D eigenvalue weighted by atomic mass is 10.3. The van der Waals surface area contributed by atoms with Gasteiger partial charge in [-0.1, -0.05) is 0 Å². The van der Waals surface area contributed by atoms with Gasteiger partial charge in [0.25, 0.3) is 0 Å². The van der Waals surface area contributed by atoms with Gasteiger partial charge in [-0.2, -0.15) is 0 Å². The molecule has 3 nitrogen and oxygen atoms in total. The Morgan fingerprint density at radius 1 is 1.29 bits per heavy atom. The molecule has 1 aliphatic heterocycles. The van der Waals surface area contributed by atoms with E-state index in [9.17, 15) is 4.79 Å².